The van der Waals surface area contributed by atoms with Gasteiger partial charge < -0.3 is 10.2 Å². The number of carbonyl (C=O) groups excluding carboxylic acids is 2. The van der Waals surface area contributed by atoms with E-state index < -0.39 is 0 Å². The number of amides is 2. The van der Waals surface area contributed by atoms with Crippen molar-refractivity contribution in [1.82, 2.24) is 10.2 Å². The van der Waals surface area contributed by atoms with Crippen LogP contribution < -0.4 is 5.32 Å². The van der Waals surface area contributed by atoms with Crippen LogP contribution in [0.2, 0.25) is 0 Å². The summed E-state index contributed by atoms with van der Waals surface area (Å²) < 4.78 is 0. The quantitative estimate of drug-likeness (QED) is 0.870. The van der Waals surface area contributed by atoms with Gasteiger partial charge in [0.2, 0.25) is 5.91 Å². The molecule has 0 saturated carbocycles. The zero-order valence-corrected chi connectivity index (χ0v) is 15.2. The molecule has 0 spiro atoms. The lowest BCUT2D eigenvalue weighted by atomic mass is 9.90. The van der Waals surface area contributed by atoms with Crippen molar-refractivity contribution in [1.29, 1.82) is 0 Å². The molecule has 1 saturated heterocycles. The summed E-state index contributed by atoms with van der Waals surface area (Å²) in [5.41, 5.74) is 2.00. The van der Waals surface area contributed by atoms with Gasteiger partial charge in [-0.15, -0.1) is 0 Å². The van der Waals surface area contributed by atoms with Gasteiger partial charge in [0.25, 0.3) is 5.91 Å². The van der Waals surface area contributed by atoms with Crippen molar-refractivity contribution in [2.75, 3.05) is 19.6 Å². The summed E-state index contributed by atoms with van der Waals surface area (Å²) in [5.74, 6) is 1.42. The minimum absolute atomic E-state index is 0.0111. The third kappa shape index (κ3) is 5.66. The number of likely N-dealkylation sites (tertiary alicyclic amines) is 1. The zero-order valence-electron chi connectivity index (χ0n) is 15.2. The Kier molecular flexibility index (Phi) is 6.83. The molecular weight excluding hydrogens is 300 g/mol. The standard InChI is InChI=1S/C20H30N2O2/c1-15(2)8-11-21-20(24)19-6-4-17(5-7-19)14-18-9-12-22(13-10-18)16(3)23/h4-7,15,18H,8-14H2,1-3H3,(H,21,24). The highest BCUT2D eigenvalue weighted by Crippen LogP contribution is 2.22. The second-order valence-corrected chi connectivity index (χ2v) is 7.29. The molecule has 0 atom stereocenters. The number of hydrogen-bond donors (Lipinski definition) is 1. The minimum atomic E-state index is 0.0111. The normalized spacial score (nSPS) is 15.6. The van der Waals surface area contributed by atoms with Crippen LogP contribution in [-0.4, -0.2) is 36.3 Å². The minimum Gasteiger partial charge on any atom is -0.352 e. The van der Waals surface area contributed by atoms with Crippen molar-refractivity contribution in [3.05, 3.63) is 35.4 Å². The Morgan fingerprint density at radius 3 is 2.33 bits per heavy atom. The summed E-state index contributed by atoms with van der Waals surface area (Å²) in [7, 11) is 0. The zero-order chi connectivity index (χ0) is 17.5. The van der Waals surface area contributed by atoms with E-state index in [-0.39, 0.29) is 11.8 Å². The fourth-order valence-corrected chi connectivity index (χ4v) is 3.15. The van der Waals surface area contributed by atoms with Crippen molar-refractivity contribution in [3.63, 3.8) is 0 Å². The fourth-order valence-electron chi connectivity index (χ4n) is 3.15. The van der Waals surface area contributed by atoms with E-state index in [0.717, 1.165) is 50.9 Å². The first-order valence-electron chi connectivity index (χ1n) is 9.08. The highest BCUT2D eigenvalue weighted by atomic mass is 16.2. The largest absolute Gasteiger partial charge is 0.352 e. The van der Waals surface area contributed by atoms with Gasteiger partial charge in [-0.05, 0) is 55.2 Å². The number of hydrogen-bond acceptors (Lipinski definition) is 2. The lowest BCUT2D eigenvalue weighted by Crippen LogP contribution is -2.37. The topological polar surface area (TPSA) is 49.4 Å². The fraction of sp³-hybridized carbons (Fsp3) is 0.600. The number of nitrogens with zero attached hydrogens (tertiary/aromatic N) is 1. The first kappa shape index (κ1) is 18.5. The second kappa shape index (κ2) is 8.86. The van der Waals surface area contributed by atoms with Gasteiger partial charge in [-0.2, -0.15) is 0 Å². The lowest BCUT2D eigenvalue weighted by Gasteiger charge is -2.31. The van der Waals surface area contributed by atoms with Crippen LogP contribution in [0.25, 0.3) is 0 Å². The van der Waals surface area contributed by atoms with E-state index in [0.29, 0.717) is 11.8 Å². The van der Waals surface area contributed by atoms with Crippen molar-refractivity contribution in [2.45, 2.75) is 46.5 Å². The van der Waals surface area contributed by atoms with Crippen LogP contribution >= 0.6 is 0 Å². The summed E-state index contributed by atoms with van der Waals surface area (Å²) in [6.07, 6.45) is 4.16. The van der Waals surface area contributed by atoms with Gasteiger partial charge in [0.05, 0.1) is 0 Å². The highest BCUT2D eigenvalue weighted by Gasteiger charge is 2.20. The summed E-state index contributed by atoms with van der Waals surface area (Å²) in [4.78, 5) is 25.4. The smallest absolute Gasteiger partial charge is 0.251 e. The molecule has 24 heavy (non-hydrogen) atoms. The third-order valence-electron chi connectivity index (χ3n) is 4.81. The molecule has 2 amide bonds. The van der Waals surface area contributed by atoms with E-state index in [9.17, 15) is 9.59 Å². The second-order valence-electron chi connectivity index (χ2n) is 7.29. The molecule has 4 nitrogen and oxygen atoms in total. The van der Waals surface area contributed by atoms with E-state index in [1.807, 2.05) is 17.0 Å². The predicted octanol–water partition coefficient (Wildman–Crippen LogP) is 3.26. The molecule has 1 fully saturated rings. The predicted molar refractivity (Wildman–Crippen MR) is 96.9 cm³/mol. The van der Waals surface area contributed by atoms with Crippen LogP contribution in [0.4, 0.5) is 0 Å². The van der Waals surface area contributed by atoms with Gasteiger partial charge in [0.1, 0.15) is 0 Å². The Balaban J connectivity index is 1.80. The molecule has 1 aromatic rings. The first-order chi connectivity index (χ1) is 11.5. The molecule has 1 aliphatic rings. The molecular formula is C20H30N2O2. The Morgan fingerprint density at radius 2 is 1.79 bits per heavy atom. The van der Waals surface area contributed by atoms with Gasteiger partial charge >= 0.3 is 0 Å². The van der Waals surface area contributed by atoms with Gasteiger partial charge in [0, 0.05) is 32.1 Å². The SMILES string of the molecule is CC(=O)N1CCC(Cc2ccc(C(=O)NCCC(C)C)cc2)CC1. The lowest BCUT2D eigenvalue weighted by molar-refractivity contribution is -0.130. The molecule has 1 N–H and O–H groups in total. The van der Waals surface area contributed by atoms with Crippen LogP contribution in [0, 0.1) is 11.8 Å². The van der Waals surface area contributed by atoms with Crippen LogP contribution in [0.15, 0.2) is 24.3 Å². The van der Waals surface area contributed by atoms with E-state index >= 15 is 0 Å². The molecule has 4 heteroatoms. The van der Waals surface area contributed by atoms with Crippen molar-refractivity contribution in [3.8, 4) is 0 Å². The van der Waals surface area contributed by atoms with Crippen LogP contribution in [0.1, 0.15) is 56.0 Å². The van der Waals surface area contributed by atoms with E-state index in [1.165, 1.54) is 5.56 Å². The molecule has 1 aliphatic heterocycles. The average Bonchev–Trinajstić information content (AvgIpc) is 2.55. The molecule has 2 rings (SSSR count). The first-order valence-corrected chi connectivity index (χ1v) is 9.08. The van der Waals surface area contributed by atoms with Crippen molar-refractivity contribution in [2.24, 2.45) is 11.8 Å². The summed E-state index contributed by atoms with van der Waals surface area (Å²) in [5, 5.41) is 2.97. The molecule has 132 valence electrons. The maximum atomic E-state index is 12.1. The van der Waals surface area contributed by atoms with Gasteiger partial charge in [-0.3, -0.25) is 9.59 Å². The van der Waals surface area contributed by atoms with Gasteiger partial charge in [0.15, 0.2) is 0 Å². The summed E-state index contributed by atoms with van der Waals surface area (Å²) in [6.45, 7) is 8.43. The molecule has 0 aromatic heterocycles. The number of rotatable bonds is 6. The van der Waals surface area contributed by atoms with Crippen LogP contribution in [0.3, 0.4) is 0 Å². The van der Waals surface area contributed by atoms with Crippen LogP contribution in [0.5, 0.6) is 0 Å². The molecule has 1 heterocycles. The number of piperidine rings is 1. The Morgan fingerprint density at radius 1 is 1.17 bits per heavy atom. The Bertz CT molecular complexity index is 543. The Hall–Kier alpha value is -1.84. The van der Waals surface area contributed by atoms with E-state index in [4.69, 9.17) is 0 Å². The van der Waals surface area contributed by atoms with Gasteiger partial charge in [-0.25, -0.2) is 0 Å². The van der Waals surface area contributed by atoms with E-state index in [2.05, 4.69) is 31.3 Å². The molecule has 0 aliphatic carbocycles. The Labute approximate surface area is 145 Å². The van der Waals surface area contributed by atoms with Crippen molar-refractivity contribution >= 4 is 11.8 Å². The summed E-state index contributed by atoms with van der Waals surface area (Å²) in [6, 6.07) is 7.97. The number of carbonyl (C=O) groups is 2. The number of nitrogens with one attached hydrogen (secondary N) is 1. The van der Waals surface area contributed by atoms with Crippen molar-refractivity contribution < 1.29 is 9.59 Å². The maximum absolute atomic E-state index is 12.1. The highest BCUT2D eigenvalue weighted by molar-refractivity contribution is 5.94. The molecule has 0 radical (unpaired) electrons. The van der Waals surface area contributed by atoms with Crippen LogP contribution in [-0.2, 0) is 11.2 Å². The monoisotopic (exact) mass is 330 g/mol. The molecule has 0 bridgehead atoms. The van der Waals surface area contributed by atoms with E-state index in [1.54, 1.807) is 6.92 Å². The third-order valence-corrected chi connectivity index (χ3v) is 4.81. The number of benzene rings is 1. The maximum Gasteiger partial charge on any atom is 0.251 e. The van der Waals surface area contributed by atoms with Gasteiger partial charge in [-0.1, -0.05) is 26.0 Å². The average molecular weight is 330 g/mol. The molecule has 0 unspecified atom stereocenters. The molecule has 1 aromatic carbocycles. The summed E-state index contributed by atoms with van der Waals surface area (Å²) >= 11 is 0.